The summed E-state index contributed by atoms with van der Waals surface area (Å²) in [5.41, 5.74) is 1.67. The zero-order chi connectivity index (χ0) is 22.0. The zero-order valence-corrected chi connectivity index (χ0v) is 17.3. The van der Waals surface area contributed by atoms with Gasteiger partial charge in [0.2, 0.25) is 5.91 Å². The number of aromatic nitrogens is 1. The number of piperidine rings is 1. The number of fused-ring (bicyclic) bond motifs is 1. The molecule has 0 aliphatic carbocycles. The van der Waals surface area contributed by atoms with E-state index in [1.165, 1.54) is 6.07 Å². The minimum atomic E-state index is -0.408. The third-order valence-corrected chi connectivity index (χ3v) is 5.84. The van der Waals surface area contributed by atoms with Crippen LogP contribution in [-0.4, -0.2) is 34.8 Å². The molecule has 0 unspecified atom stereocenters. The Labute approximate surface area is 179 Å². The van der Waals surface area contributed by atoms with E-state index in [4.69, 9.17) is 0 Å². The molecule has 1 aromatic heterocycles. The number of likely N-dealkylation sites (tertiary alicyclic amines) is 1. The lowest BCUT2D eigenvalue weighted by atomic mass is 9.95. The number of aromatic amines is 1. The van der Waals surface area contributed by atoms with E-state index in [-0.39, 0.29) is 35.7 Å². The molecule has 31 heavy (non-hydrogen) atoms. The summed E-state index contributed by atoms with van der Waals surface area (Å²) in [7, 11) is 0. The highest BCUT2D eigenvalue weighted by atomic mass is 19.1. The smallest absolute Gasteiger partial charge is 0.261 e. The summed E-state index contributed by atoms with van der Waals surface area (Å²) in [6.45, 7) is 2.77. The SMILES string of the molecule is Cc1ccc(CNC(=O)C2CCN(C(=O)c3cc4ccccc4[nH]c3=O)CC2)cc1F. The monoisotopic (exact) mass is 421 g/mol. The highest BCUT2D eigenvalue weighted by molar-refractivity contribution is 5.97. The van der Waals surface area contributed by atoms with E-state index in [0.717, 1.165) is 5.39 Å². The number of hydrogen-bond acceptors (Lipinski definition) is 3. The van der Waals surface area contributed by atoms with E-state index < -0.39 is 5.56 Å². The van der Waals surface area contributed by atoms with Crippen molar-refractivity contribution in [3.05, 3.63) is 81.4 Å². The van der Waals surface area contributed by atoms with Gasteiger partial charge in [0.15, 0.2) is 0 Å². The predicted molar refractivity (Wildman–Crippen MR) is 116 cm³/mol. The maximum Gasteiger partial charge on any atom is 0.261 e. The van der Waals surface area contributed by atoms with Crippen LogP contribution in [0.2, 0.25) is 0 Å². The number of pyridine rings is 1. The molecule has 0 saturated carbocycles. The van der Waals surface area contributed by atoms with Crippen LogP contribution in [0.3, 0.4) is 0 Å². The summed E-state index contributed by atoms with van der Waals surface area (Å²) in [5, 5.41) is 3.65. The van der Waals surface area contributed by atoms with Gasteiger partial charge in [-0.05, 0) is 54.5 Å². The first-order chi connectivity index (χ1) is 14.9. The Kier molecular flexibility index (Phi) is 5.84. The second-order valence-electron chi connectivity index (χ2n) is 7.97. The van der Waals surface area contributed by atoms with Gasteiger partial charge in [-0.25, -0.2) is 4.39 Å². The van der Waals surface area contributed by atoms with E-state index >= 15 is 0 Å². The number of amides is 2. The Morgan fingerprint density at radius 3 is 2.61 bits per heavy atom. The Morgan fingerprint density at radius 1 is 1.13 bits per heavy atom. The molecular formula is C24H24FN3O3. The fourth-order valence-corrected chi connectivity index (χ4v) is 3.90. The number of hydrogen-bond donors (Lipinski definition) is 2. The van der Waals surface area contributed by atoms with E-state index in [1.54, 1.807) is 36.1 Å². The molecule has 0 radical (unpaired) electrons. The van der Waals surface area contributed by atoms with Crippen molar-refractivity contribution in [2.24, 2.45) is 5.92 Å². The molecule has 1 aliphatic rings. The van der Waals surface area contributed by atoms with Gasteiger partial charge in [0.05, 0.1) is 0 Å². The van der Waals surface area contributed by atoms with Crippen molar-refractivity contribution in [3.63, 3.8) is 0 Å². The summed E-state index contributed by atoms with van der Waals surface area (Å²) in [4.78, 5) is 42.1. The van der Waals surface area contributed by atoms with Gasteiger partial charge >= 0.3 is 0 Å². The van der Waals surface area contributed by atoms with Crippen LogP contribution < -0.4 is 10.9 Å². The number of carbonyl (C=O) groups is 2. The summed E-state index contributed by atoms with van der Waals surface area (Å²) in [5.74, 6) is -0.922. The van der Waals surface area contributed by atoms with Crippen molar-refractivity contribution in [2.75, 3.05) is 13.1 Å². The molecule has 6 nitrogen and oxygen atoms in total. The average molecular weight is 421 g/mol. The quantitative estimate of drug-likeness (QED) is 0.679. The number of rotatable bonds is 4. The van der Waals surface area contributed by atoms with Gasteiger partial charge in [0.1, 0.15) is 11.4 Å². The van der Waals surface area contributed by atoms with Crippen LogP contribution >= 0.6 is 0 Å². The van der Waals surface area contributed by atoms with Crippen LogP contribution in [0.25, 0.3) is 10.9 Å². The Morgan fingerprint density at radius 2 is 1.87 bits per heavy atom. The Balaban J connectivity index is 1.35. The normalized spacial score (nSPS) is 14.6. The fourth-order valence-electron chi connectivity index (χ4n) is 3.90. The number of nitrogens with zero attached hydrogens (tertiary/aromatic N) is 1. The van der Waals surface area contributed by atoms with Crippen LogP contribution in [-0.2, 0) is 11.3 Å². The molecule has 7 heteroatoms. The maximum atomic E-state index is 13.7. The van der Waals surface area contributed by atoms with Crippen molar-refractivity contribution in [1.29, 1.82) is 0 Å². The van der Waals surface area contributed by atoms with Gasteiger partial charge in [-0.1, -0.05) is 30.3 Å². The van der Waals surface area contributed by atoms with Gasteiger partial charge in [-0.3, -0.25) is 14.4 Å². The topological polar surface area (TPSA) is 82.3 Å². The second-order valence-corrected chi connectivity index (χ2v) is 7.97. The van der Waals surface area contributed by atoms with Crippen molar-refractivity contribution < 1.29 is 14.0 Å². The highest BCUT2D eigenvalue weighted by Crippen LogP contribution is 2.20. The predicted octanol–water partition coefficient (Wildman–Crippen LogP) is 3.14. The lowest BCUT2D eigenvalue weighted by Gasteiger charge is -2.31. The molecular weight excluding hydrogens is 397 g/mol. The lowest BCUT2D eigenvalue weighted by molar-refractivity contribution is -0.126. The van der Waals surface area contributed by atoms with E-state index in [9.17, 15) is 18.8 Å². The summed E-state index contributed by atoms with van der Waals surface area (Å²) >= 11 is 0. The number of benzene rings is 2. The van der Waals surface area contributed by atoms with Gasteiger partial charge in [-0.15, -0.1) is 0 Å². The largest absolute Gasteiger partial charge is 0.352 e. The van der Waals surface area contributed by atoms with Crippen LogP contribution in [0.4, 0.5) is 4.39 Å². The van der Waals surface area contributed by atoms with E-state index in [0.29, 0.717) is 42.6 Å². The van der Waals surface area contributed by atoms with E-state index in [1.807, 2.05) is 18.2 Å². The van der Waals surface area contributed by atoms with Crippen molar-refractivity contribution in [2.45, 2.75) is 26.3 Å². The first-order valence-corrected chi connectivity index (χ1v) is 10.4. The number of aryl methyl sites for hydroxylation is 1. The first kappa shape index (κ1) is 20.8. The number of nitrogens with one attached hydrogen (secondary N) is 2. The third-order valence-electron chi connectivity index (χ3n) is 5.84. The third kappa shape index (κ3) is 4.50. The number of para-hydroxylation sites is 1. The lowest BCUT2D eigenvalue weighted by Crippen LogP contribution is -2.44. The molecule has 160 valence electrons. The first-order valence-electron chi connectivity index (χ1n) is 10.4. The van der Waals surface area contributed by atoms with E-state index in [2.05, 4.69) is 10.3 Å². The minimum Gasteiger partial charge on any atom is -0.352 e. The standard InChI is InChI=1S/C24H24FN3O3/c1-15-6-7-16(12-20(15)25)14-26-22(29)17-8-10-28(11-9-17)24(31)19-13-18-4-2-3-5-21(18)27-23(19)30/h2-7,12-13,17H,8-11,14H2,1H3,(H,26,29)(H,27,30). The number of halogens is 1. The van der Waals surface area contributed by atoms with Gasteiger partial charge < -0.3 is 15.2 Å². The van der Waals surface area contributed by atoms with Crippen molar-refractivity contribution in [3.8, 4) is 0 Å². The van der Waals surface area contributed by atoms with Gasteiger partial charge in [0.25, 0.3) is 11.5 Å². The minimum absolute atomic E-state index is 0.100. The Bertz CT molecular complexity index is 1200. The summed E-state index contributed by atoms with van der Waals surface area (Å²) in [6.07, 6.45) is 1.04. The molecule has 2 heterocycles. The average Bonchev–Trinajstić information content (AvgIpc) is 2.79. The number of carbonyl (C=O) groups excluding carboxylic acids is 2. The second kappa shape index (κ2) is 8.71. The molecule has 2 amide bonds. The van der Waals surface area contributed by atoms with Crippen LogP contribution in [0.15, 0.2) is 53.3 Å². The maximum absolute atomic E-state index is 13.7. The molecule has 2 aromatic carbocycles. The van der Waals surface area contributed by atoms with Crippen LogP contribution in [0.5, 0.6) is 0 Å². The molecule has 2 N–H and O–H groups in total. The molecule has 0 bridgehead atoms. The van der Waals surface area contributed by atoms with Crippen LogP contribution in [0, 0.1) is 18.7 Å². The van der Waals surface area contributed by atoms with Crippen molar-refractivity contribution >= 4 is 22.7 Å². The highest BCUT2D eigenvalue weighted by Gasteiger charge is 2.28. The van der Waals surface area contributed by atoms with Crippen LogP contribution in [0.1, 0.15) is 34.3 Å². The molecule has 1 aliphatic heterocycles. The molecule has 0 spiro atoms. The van der Waals surface area contributed by atoms with Crippen molar-refractivity contribution in [1.82, 2.24) is 15.2 Å². The molecule has 0 atom stereocenters. The Hall–Kier alpha value is -3.48. The van der Waals surface area contributed by atoms with Gasteiger partial charge in [-0.2, -0.15) is 0 Å². The number of H-pyrrole nitrogens is 1. The summed E-state index contributed by atoms with van der Waals surface area (Å²) in [6, 6.07) is 13.8. The summed E-state index contributed by atoms with van der Waals surface area (Å²) < 4.78 is 13.7. The molecule has 1 fully saturated rings. The molecule has 4 rings (SSSR count). The fraction of sp³-hybridized carbons (Fsp3) is 0.292. The molecule has 1 saturated heterocycles. The molecule has 3 aromatic rings. The van der Waals surface area contributed by atoms with Gasteiger partial charge in [0, 0.05) is 31.1 Å². The zero-order valence-electron chi connectivity index (χ0n) is 17.3.